The summed E-state index contributed by atoms with van der Waals surface area (Å²) in [6.07, 6.45) is 0.737. The normalized spacial score (nSPS) is 24.6. The lowest BCUT2D eigenvalue weighted by Gasteiger charge is -2.32. The summed E-state index contributed by atoms with van der Waals surface area (Å²) >= 11 is 0. The Morgan fingerprint density at radius 3 is 2.56 bits per heavy atom. The lowest BCUT2D eigenvalue weighted by atomic mass is 9.83. The molecule has 0 bridgehead atoms. The van der Waals surface area contributed by atoms with E-state index in [0.717, 1.165) is 17.5 Å². The van der Waals surface area contributed by atoms with Gasteiger partial charge in [0.05, 0.1) is 25.8 Å². The first kappa shape index (κ1) is 22.4. The number of phenols is 1. The van der Waals surface area contributed by atoms with E-state index < -0.39 is 6.04 Å². The van der Waals surface area contributed by atoms with Crippen LogP contribution in [0.5, 0.6) is 17.2 Å². The van der Waals surface area contributed by atoms with Gasteiger partial charge in [0.1, 0.15) is 11.8 Å². The summed E-state index contributed by atoms with van der Waals surface area (Å²) in [6.45, 7) is 3.62. The molecule has 4 unspecified atom stereocenters. The molecule has 2 aliphatic rings. The molecular formula is C24H31N3O5. The third kappa shape index (κ3) is 4.01. The van der Waals surface area contributed by atoms with Crippen LogP contribution >= 0.6 is 0 Å². The minimum absolute atomic E-state index is 0.0365. The van der Waals surface area contributed by atoms with Gasteiger partial charge in [-0.1, -0.05) is 24.3 Å². The number of phenolic OH excluding ortho intramolecular Hbond substituents is 1. The van der Waals surface area contributed by atoms with Gasteiger partial charge < -0.3 is 24.2 Å². The molecule has 2 aliphatic heterocycles. The Balaban J connectivity index is 1.75. The van der Waals surface area contributed by atoms with Crippen LogP contribution in [0.2, 0.25) is 0 Å². The number of fused-ring (bicyclic) bond motifs is 1. The number of para-hydroxylation sites is 1. The Bertz CT molecular complexity index is 953. The summed E-state index contributed by atoms with van der Waals surface area (Å²) < 4.78 is 16.5. The number of ether oxygens (including phenoxy) is 3. The zero-order valence-corrected chi connectivity index (χ0v) is 18.7. The van der Waals surface area contributed by atoms with Crippen LogP contribution in [0.4, 0.5) is 0 Å². The number of hydrogen-bond donors (Lipinski definition) is 3. The monoisotopic (exact) mass is 441 g/mol. The van der Waals surface area contributed by atoms with Crippen molar-refractivity contribution in [2.75, 3.05) is 34.0 Å². The number of methoxy groups -OCH3 is 2. The fourth-order valence-corrected chi connectivity index (χ4v) is 4.89. The topological polar surface area (TPSA) is 92.3 Å². The number of aromatic hydroxyl groups is 1. The molecule has 8 nitrogen and oxygen atoms in total. The summed E-state index contributed by atoms with van der Waals surface area (Å²) in [5, 5.41) is 10.5. The summed E-state index contributed by atoms with van der Waals surface area (Å²) in [5.41, 5.74) is 8.17. The van der Waals surface area contributed by atoms with E-state index in [1.54, 1.807) is 26.4 Å². The second-order valence-electron chi connectivity index (χ2n) is 8.05. The predicted molar refractivity (Wildman–Crippen MR) is 120 cm³/mol. The van der Waals surface area contributed by atoms with E-state index in [4.69, 9.17) is 14.2 Å². The van der Waals surface area contributed by atoms with Gasteiger partial charge in [-0.05, 0) is 37.1 Å². The number of likely N-dealkylation sites (tertiary alicyclic amines) is 1. The minimum atomic E-state index is -0.398. The number of nitrogens with one attached hydrogen (secondary N) is 2. The number of rotatable bonds is 9. The van der Waals surface area contributed by atoms with Crippen LogP contribution in [0.3, 0.4) is 0 Å². The molecular weight excluding hydrogens is 410 g/mol. The Morgan fingerprint density at radius 1 is 1.06 bits per heavy atom. The smallest absolute Gasteiger partial charge is 0.242 e. The lowest BCUT2D eigenvalue weighted by Crippen LogP contribution is -2.41. The number of benzene rings is 2. The van der Waals surface area contributed by atoms with E-state index in [1.165, 1.54) is 0 Å². The molecule has 0 aliphatic carbocycles. The molecule has 0 saturated carbocycles. The van der Waals surface area contributed by atoms with Crippen molar-refractivity contribution in [2.24, 2.45) is 5.92 Å². The van der Waals surface area contributed by atoms with Gasteiger partial charge in [-0.25, -0.2) is 10.9 Å². The molecule has 2 heterocycles. The van der Waals surface area contributed by atoms with Gasteiger partial charge in [0.15, 0.2) is 11.5 Å². The summed E-state index contributed by atoms with van der Waals surface area (Å²) in [4.78, 5) is 15.3. The Labute approximate surface area is 188 Å². The number of carbonyl (C=O) groups excluding carboxylic acids is 1. The third-order valence-corrected chi connectivity index (χ3v) is 6.26. The summed E-state index contributed by atoms with van der Waals surface area (Å²) in [5.74, 6) is 1.43. The molecule has 1 amide bonds. The molecule has 2 saturated heterocycles. The number of nitrogens with zero attached hydrogens (tertiary/aromatic N) is 1. The van der Waals surface area contributed by atoms with Gasteiger partial charge in [-0.2, -0.15) is 0 Å². The quantitative estimate of drug-likeness (QED) is 0.515. The van der Waals surface area contributed by atoms with E-state index in [1.807, 2.05) is 42.2 Å². The Morgan fingerprint density at radius 2 is 1.84 bits per heavy atom. The summed E-state index contributed by atoms with van der Waals surface area (Å²) in [7, 11) is 3.28. The average molecular weight is 442 g/mol. The molecule has 2 fully saturated rings. The van der Waals surface area contributed by atoms with E-state index in [-0.39, 0.29) is 29.7 Å². The number of amides is 1. The first-order valence-electron chi connectivity index (χ1n) is 11.0. The van der Waals surface area contributed by atoms with Crippen molar-refractivity contribution in [1.29, 1.82) is 0 Å². The molecule has 0 radical (unpaired) electrons. The molecule has 8 heteroatoms. The SMILES string of the molecule is CCOc1ccc(C2C3C(NNC3c3ccccc3O)C(=O)N2CCCOC)cc1OC. The highest BCUT2D eigenvalue weighted by Crippen LogP contribution is 2.49. The molecule has 0 aromatic heterocycles. The molecule has 172 valence electrons. The second kappa shape index (κ2) is 9.77. The van der Waals surface area contributed by atoms with Crippen molar-refractivity contribution >= 4 is 5.91 Å². The fraction of sp³-hybridized carbons (Fsp3) is 0.458. The minimum Gasteiger partial charge on any atom is -0.508 e. The third-order valence-electron chi connectivity index (χ3n) is 6.26. The standard InChI is InChI=1S/C24H31N3O5/c1-4-32-18-11-10-15(14-19(18)31-3)23-20-21(16-8-5-6-9-17(16)28)25-26-22(20)24(29)27(23)12-7-13-30-2/h5-6,8-11,14,20-23,25-26,28H,4,7,12-13H2,1-3H3. The lowest BCUT2D eigenvalue weighted by molar-refractivity contribution is -0.131. The van der Waals surface area contributed by atoms with Gasteiger partial charge in [-0.3, -0.25) is 4.79 Å². The zero-order valence-electron chi connectivity index (χ0n) is 18.7. The molecule has 4 rings (SSSR count). The van der Waals surface area contributed by atoms with Gasteiger partial charge in [0.2, 0.25) is 5.91 Å². The highest BCUT2D eigenvalue weighted by molar-refractivity contribution is 5.86. The molecule has 32 heavy (non-hydrogen) atoms. The Hall–Kier alpha value is -2.81. The largest absolute Gasteiger partial charge is 0.508 e. The molecule has 2 aromatic rings. The molecule has 4 atom stereocenters. The Kier molecular flexibility index (Phi) is 6.83. The van der Waals surface area contributed by atoms with Crippen LogP contribution in [-0.4, -0.2) is 55.9 Å². The number of hydrogen-bond acceptors (Lipinski definition) is 7. The van der Waals surface area contributed by atoms with E-state index in [0.29, 0.717) is 31.3 Å². The molecule has 3 N–H and O–H groups in total. The molecule has 2 aromatic carbocycles. The second-order valence-corrected chi connectivity index (χ2v) is 8.05. The van der Waals surface area contributed by atoms with Crippen molar-refractivity contribution < 1.29 is 24.1 Å². The first-order valence-corrected chi connectivity index (χ1v) is 11.0. The van der Waals surface area contributed by atoms with Crippen LogP contribution in [0, 0.1) is 5.92 Å². The highest BCUT2D eigenvalue weighted by Gasteiger charge is 2.55. The van der Waals surface area contributed by atoms with Crippen LogP contribution in [0.25, 0.3) is 0 Å². The summed E-state index contributed by atoms with van der Waals surface area (Å²) in [6, 6.07) is 12.3. The maximum absolute atomic E-state index is 13.4. The van der Waals surface area contributed by atoms with E-state index in [2.05, 4.69) is 10.9 Å². The van der Waals surface area contributed by atoms with Crippen molar-refractivity contribution in [3.8, 4) is 17.2 Å². The first-order chi connectivity index (χ1) is 15.6. The van der Waals surface area contributed by atoms with Crippen molar-refractivity contribution in [2.45, 2.75) is 31.5 Å². The fourth-order valence-electron chi connectivity index (χ4n) is 4.89. The van der Waals surface area contributed by atoms with Crippen LogP contribution in [0.15, 0.2) is 42.5 Å². The maximum atomic E-state index is 13.4. The van der Waals surface area contributed by atoms with Crippen molar-refractivity contribution in [3.05, 3.63) is 53.6 Å². The highest BCUT2D eigenvalue weighted by atomic mass is 16.5. The van der Waals surface area contributed by atoms with Gasteiger partial charge >= 0.3 is 0 Å². The van der Waals surface area contributed by atoms with Crippen LogP contribution in [0.1, 0.15) is 36.6 Å². The van der Waals surface area contributed by atoms with E-state index >= 15 is 0 Å². The number of hydrazine groups is 1. The van der Waals surface area contributed by atoms with E-state index in [9.17, 15) is 9.90 Å². The average Bonchev–Trinajstić information content (AvgIpc) is 3.34. The predicted octanol–water partition coefficient (Wildman–Crippen LogP) is 2.55. The van der Waals surface area contributed by atoms with Crippen molar-refractivity contribution in [1.82, 2.24) is 15.8 Å². The van der Waals surface area contributed by atoms with Gasteiger partial charge in [0.25, 0.3) is 0 Å². The van der Waals surface area contributed by atoms with Crippen molar-refractivity contribution in [3.63, 3.8) is 0 Å². The van der Waals surface area contributed by atoms with Gasteiger partial charge in [-0.15, -0.1) is 0 Å². The molecule has 0 spiro atoms. The maximum Gasteiger partial charge on any atom is 0.242 e. The van der Waals surface area contributed by atoms with Gasteiger partial charge in [0, 0.05) is 31.7 Å². The van der Waals surface area contributed by atoms with Crippen LogP contribution in [-0.2, 0) is 9.53 Å². The van der Waals surface area contributed by atoms with Crippen LogP contribution < -0.4 is 20.3 Å². The number of carbonyl (C=O) groups is 1. The zero-order chi connectivity index (χ0) is 22.7.